The number of halogens is 3. The quantitative estimate of drug-likeness (QED) is 0.592. The van der Waals surface area contributed by atoms with Crippen molar-refractivity contribution in [1.82, 2.24) is 0 Å². The zero-order valence-corrected chi connectivity index (χ0v) is 17.3. The summed E-state index contributed by atoms with van der Waals surface area (Å²) in [6, 6.07) is 3.72. The van der Waals surface area contributed by atoms with Gasteiger partial charge in [-0.2, -0.15) is 13.2 Å². The molecule has 0 radical (unpaired) electrons. The molecule has 27 heavy (non-hydrogen) atoms. The first-order valence-corrected chi connectivity index (χ1v) is 10.8. The first-order valence-electron chi connectivity index (χ1n) is 8.68. The lowest BCUT2D eigenvalue weighted by Crippen LogP contribution is -2.50. The highest BCUT2D eigenvalue weighted by atomic mass is 28.4. The molecule has 0 aromatic heterocycles. The Morgan fingerprint density at radius 1 is 1.04 bits per heavy atom. The topological polar surface area (TPSA) is 75.6 Å². The van der Waals surface area contributed by atoms with Crippen molar-refractivity contribution in [2.75, 3.05) is 5.32 Å². The predicted molar refractivity (Wildman–Crippen MR) is 99.8 cm³/mol. The maximum Gasteiger partial charge on any atom is 0.471 e. The molecule has 1 amide bonds. The third kappa shape index (κ3) is 5.03. The lowest BCUT2D eigenvalue weighted by atomic mass is 10.1. The summed E-state index contributed by atoms with van der Waals surface area (Å²) < 4.78 is 44.1. The maximum absolute atomic E-state index is 12.6. The summed E-state index contributed by atoms with van der Waals surface area (Å²) in [5.74, 6) is -3.43. The van der Waals surface area contributed by atoms with E-state index in [0.29, 0.717) is 0 Å². The van der Waals surface area contributed by atoms with E-state index in [4.69, 9.17) is 4.43 Å². The summed E-state index contributed by atoms with van der Waals surface area (Å²) >= 11 is 0. The Morgan fingerprint density at radius 2 is 1.52 bits per heavy atom. The first kappa shape index (κ1) is 23.0. The lowest BCUT2D eigenvalue weighted by Gasteiger charge is -2.42. The zero-order valence-electron chi connectivity index (χ0n) is 16.3. The number of hydrogen-bond donors (Lipinski definition) is 2. The van der Waals surface area contributed by atoms with E-state index < -0.39 is 37.6 Å². The Morgan fingerprint density at radius 3 is 1.89 bits per heavy atom. The summed E-state index contributed by atoms with van der Waals surface area (Å²) in [6.07, 6.45) is -5.13. The third-order valence-corrected chi connectivity index (χ3v) is 10.7. The van der Waals surface area contributed by atoms with Gasteiger partial charge in [0.1, 0.15) is 5.75 Å². The minimum absolute atomic E-state index is 0.213. The van der Waals surface area contributed by atoms with Crippen LogP contribution in [0.15, 0.2) is 18.2 Å². The highest BCUT2D eigenvalue weighted by Crippen LogP contribution is 2.43. The molecule has 0 spiro atoms. The van der Waals surface area contributed by atoms with Crippen molar-refractivity contribution >= 4 is 25.9 Å². The molecule has 1 aromatic carbocycles. The van der Waals surface area contributed by atoms with E-state index in [1.807, 2.05) is 41.5 Å². The van der Waals surface area contributed by atoms with E-state index in [1.165, 1.54) is 6.07 Å². The molecule has 0 saturated carbocycles. The smallest absolute Gasteiger partial charge is 0.471 e. The van der Waals surface area contributed by atoms with Crippen LogP contribution in [0.3, 0.4) is 0 Å². The van der Waals surface area contributed by atoms with Crippen molar-refractivity contribution in [3.8, 4) is 5.75 Å². The lowest BCUT2D eigenvalue weighted by molar-refractivity contribution is -0.167. The molecule has 0 aliphatic heterocycles. The van der Waals surface area contributed by atoms with E-state index in [1.54, 1.807) is 5.32 Å². The summed E-state index contributed by atoms with van der Waals surface area (Å²) in [7, 11) is -2.39. The standard InChI is InChI=1S/C18H26F3NO4Si/c1-10(2)27(11(3)4,12(5)6)26-13-7-8-14(16(23)24)15(9-13)22-17(25)18(19,20)21/h7-12H,1-6H3,(H,22,25)(H,23,24). The van der Waals surface area contributed by atoms with Crippen LogP contribution >= 0.6 is 0 Å². The highest BCUT2D eigenvalue weighted by molar-refractivity contribution is 6.78. The van der Waals surface area contributed by atoms with Gasteiger partial charge in [0.05, 0.1) is 11.3 Å². The number of nitrogens with one attached hydrogen (secondary N) is 1. The molecule has 0 atom stereocenters. The Labute approximate surface area is 158 Å². The Hall–Kier alpha value is -2.03. The van der Waals surface area contributed by atoms with Gasteiger partial charge in [0.25, 0.3) is 8.32 Å². The molecule has 0 aliphatic carbocycles. The van der Waals surface area contributed by atoms with Crippen LogP contribution in [-0.2, 0) is 4.79 Å². The second-order valence-electron chi connectivity index (χ2n) is 7.38. The number of rotatable bonds is 7. The SMILES string of the molecule is CC(C)[Si](Oc1ccc(C(=O)O)c(NC(=O)C(F)(F)F)c1)(C(C)C)C(C)C. The monoisotopic (exact) mass is 405 g/mol. The van der Waals surface area contributed by atoms with Gasteiger partial charge in [-0.25, -0.2) is 4.79 Å². The minimum atomic E-state index is -5.13. The highest BCUT2D eigenvalue weighted by Gasteiger charge is 2.47. The molecule has 5 nitrogen and oxygen atoms in total. The fourth-order valence-corrected chi connectivity index (χ4v) is 8.87. The molecular weight excluding hydrogens is 379 g/mol. The number of carbonyl (C=O) groups excluding carboxylic acids is 1. The van der Waals surface area contributed by atoms with Gasteiger partial charge in [-0.05, 0) is 28.8 Å². The van der Waals surface area contributed by atoms with Crippen LogP contribution in [0.2, 0.25) is 16.6 Å². The number of alkyl halides is 3. The molecular formula is C18H26F3NO4Si. The van der Waals surface area contributed by atoms with Gasteiger partial charge in [-0.3, -0.25) is 4.79 Å². The van der Waals surface area contributed by atoms with Crippen molar-refractivity contribution in [1.29, 1.82) is 0 Å². The molecule has 9 heteroatoms. The van der Waals surface area contributed by atoms with Crippen LogP contribution in [0.5, 0.6) is 5.75 Å². The normalized spacial score (nSPS) is 12.6. The molecule has 1 rings (SSSR count). The van der Waals surface area contributed by atoms with Crippen LogP contribution in [0.1, 0.15) is 51.9 Å². The average Bonchev–Trinajstić information content (AvgIpc) is 2.50. The van der Waals surface area contributed by atoms with E-state index in [-0.39, 0.29) is 22.4 Å². The van der Waals surface area contributed by atoms with Gasteiger partial charge in [-0.1, -0.05) is 41.5 Å². The molecule has 2 N–H and O–H groups in total. The largest absolute Gasteiger partial charge is 0.543 e. The number of anilines is 1. The fraction of sp³-hybridized carbons (Fsp3) is 0.556. The maximum atomic E-state index is 12.6. The van der Waals surface area contributed by atoms with E-state index in [2.05, 4.69) is 0 Å². The number of hydrogen-bond acceptors (Lipinski definition) is 3. The second-order valence-corrected chi connectivity index (χ2v) is 12.8. The van der Waals surface area contributed by atoms with E-state index >= 15 is 0 Å². The Bertz CT molecular complexity index is 681. The summed E-state index contributed by atoms with van der Waals surface area (Å²) in [6.45, 7) is 12.3. The number of carboxylic acid groups (broad SMARTS) is 1. The van der Waals surface area contributed by atoms with Crippen molar-refractivity contribution in [2.45, 2.75) is 64.3 Å². The van der Waals surface area contributed by atoms with Crippen LogP contribution in [0, 0.1) is 0 Å². The van der Waals surface area contributed by atoms with Gasteiger partial charge in [-0.15, -0.1) is 0 Å². The zero-order chi connectivity index (χ0) is 21.2. The summed E-state index contributed by atoms with van der Waals surface area (Å²) in [5, 5.41) is 10.8. The average molecular weight is 405 g/mol. The van der Waals surface area contributed by atoms with Crippen LogP contribution in [0.25, 0.3) is 0 Å². The van der Waals surface area contributed by atoms with E-state index in [9.17, 15) is 27.9 Å². The van der Waals surface area contributed by atoms with Crippen LogP contribution in [0.4, 0.5) is 18.9 Å². The summed E-state index contributed by atoms with van der Waals surface area (Å²) in [5.41, 5.74) is -0.244. The number of carboxylic acids is 1. The Kier molecular flexibility index (Phi) is 7.09. The predicted octanol–water partition coefficient (Wildman–Crippen LogP) is 5.44. The molecule has 0 unspecified atom stereocenters. The van der Waals surface area contributed by atoms with Gasteiger partial charge in [0.15, 0.2) is 0 Å². The first-order chi connectivity index (χ1) is 12.2. The van der Waals surface area contributed by atoms with E-state index in [0.717, 1.165) is 12.1 Å². The summed E-state index contributed by atoms with van der Waals surface area (Å²) in [4.78, 5) is 22.6. The second kappa shape index (κ2) is 8.33. The van der Waals surface area contributed by atoms with Gasteiger partial charge >= 0.3 is 18.1 Å². The van der Waals surface area contributed by atoms with Crippen molar-refractivity contribution < 1.29 is 32.3 Å². The number of carbonyl (C=O) groups is 2. The molecule has 152 valence electrons. The number of benzene rings is 1. The van der Waals surface area contributed by atoms with Gasteiger partial charge in [0.2, 0.25) is 0 Å². The van der Waals surface area contributed by atoms with Crippen LogP contribution in [-0.4, -0.2) is 31.5 Å². The minimum Gasteiger partial charge on any atom is -0.543 e. The number of amides is 1. The van der Waals surface area contributed by atoms with Gasteiger partial charge in [0, 0.05) is 6.07 Å². The molecule has 0 fully saturated rings. The van der Waals surface area contributed by atoms with Crippen molar-refractivity contribution in [3.05, 3.63) is 23.8 Å². The third-order valence-electron chi connectivity index (χ3n) is 4.73. The molecule has 0 heterocycles. The molecule has 1 aromatic rings. The number of aromatic carboxylic acids is 1. The van der Waals surface area contributed by atoms with Crippen molar-refractivity contribution in [2.24, 2.45) is 0 Å². The molecule has 0 saturated heterocycles. The Balaban J connectivity index is 3.40. The molecule has 0 bridgehead atoms. The fourth-order valence-electron chi connectivity index (χ4n) is 3.63. The van der Waals surface area contributed by atoms with Gasteiger partial charge < -0.3 is 14.8 Å². The van der Waals surface area contributed by atoms with Crippen molar-refractivity contribution in [3.63, 3.8) is 0 Å². The molecule has 0 aliphatic rings. The van der Waals surface area contributed by atoms with Crippen LogP contribution < -0.4 is 9.74 Å².